The van der Waals surface area contributed by atoms with E-state index in [0.29, 0.717) is 31.1 Å². The number of amides is 1. The van der Waals surface area contributed by atoms with Crippen LogP contribution in [0.1, 0.15) is 21.9 Å². The molecule has 1 N–H and O–H groups in total. The van der Waals surface area contributed by atoms with Crippen LogP contribution in [0.5, 0.6) is 0 Å². The lowest BCUT2D eigenvalue weighted by Crippen LogP contribution is -2.37. The van der Waals surface area contributed by atoms with Gasteiger partial charge in [-0.2, -0.15) is 0 Å². The van der Waals surface area contributed by atoms with Crippen molar-refractivity contribution in [2.75, 3.05) is 31.2 Å². The molecule has 1 amide bonds. The topological polar surface area (TPSA) is 67.3 Å². The van der Waals surface area contributed by atoms with E-state index in [9.17, 15) is 4.79 Å². The van der Waals surface area contributed by atoms with E-state index in [1.165, 1.54) is 4.88 Å². The third-order valence-electron chi connectivity index (χ3n) is 4.58. The molecule has 3 aromatic rings. The molecule has 1 saturated heterocycles. The summed E-state index contributed by atoms with van der Waals surface area (Å²) < 4.78 is 5.40. The molecule has 0 radical (unpaired) electrons. The van der Waals surface area contributed by atoms with Gasteiger partial charge in [0.15, 0.2) is 0 Å². The maximum atomic E-state index is 12.5. The molecule has 28 heavy (non-hydrogen) atoms. The van der Waals surface area contributed by atoms with Crippen LogP contribution in [0.3, 0.4) is 0 Å². The number of ether oxygens (including phenoxy) is 1. The minimum atomic E-state index is -0.129. The lowest BCUT2D eigenvalue weighted by molar-refractivity contribution is 0.0950. The number of aryl methyl sites for hydroxylation is 1. The Hall–Kier alpha value is -2.77. The Morgan fingerprint density at radius 1 is 1.18 bits per heavy atom. The number of carbonyl (C=O) groups is 1. The van der Waals surface area contributed by atoms with Crippen molar-refractivity contribution in [3.63, 3.8) is 0 Å². The largest absolute Gasteiger partial charge is 0.378 e. The molecule has 1 fully saturated rings. The molecule has 0 aliphatic carbocycles. The molecule has 144 valence electrons. The maximum Gasteiger partial charge on any atom is 0.251 e. The van der Waals surface area contributed by atoms with E-state index in [4.69, 9.17) is 4.74 Å². The summed E-state index contributed by atoms with van der Waals surface area (Å²) in [4.78, 5) is 25.0. The van der Waals surface area contributed by atoms with Gasteiger partial charge in [0.05, 0.1) is 19.8 Å². The highest BCUT2D eigenvalue weighted by Crippen LogP contribution is 2.24. The summed E-state index contributed by atoms with van der Waals surface area (Å²) in [7, 11) is 0. The summed E-state index contributed by atoms with van der Waals surface area (Å²) in [6.45, 7) is 5.29. The quantitative estimate of drug-likeness (QED) is 0.719. The lowest BCUT2D eigenvalue weighted by Gasteiger charge is -2.28. The fourth-order valence-corrected chi connectivity index (χ4v) is 3.87. The van der Waals surface area contributed by atoms with Crippen LogP contribution in [0.25, 0.3) is 10.4 Å². The van der Waals surface area contributed by atoms with Crippen LogP contribution in [0.15, 0.2) is 47.8 Å². The van der Waals surface area contributed by atoms with Crippen LogP contribution in [0.4, 0.5) is 5.82 Å². The van der Waals surface area contributed by atoms with Crippen molar-refractivity contribution in [2.45, 2.75) is 13.5 Å². The Labute approximate surface area is 168 Å². The second-order valence-corrected chi connectivity index (χ2v) is 7.57. The SMILES string of the molecule is Cc1cc(N2CCOCC2)nc(CNC(=O)c2ccc(-c3cccs3)cc2)n1. The first kappa shape index (κ1) is 18.6. The maximum absolute atomic E-state index is 12.5. The molecule has 0 atom stereocenters. The Morgan fingerprint density at radius 3 is 2.68 bits per heavy atom. The van der Waals surface area contributed by atoms with E-state index in [1.807, 2.05) is 48.7 Å². The minimum absolute atomic E-state index is 0.129. The highest BCUT2D eigenvalue weighted by molar-refractivity contribution is 7.13. The second-order valence-electron chi connectivity index (χ2n) is 6.62. The van der Waals surface area contributed by atoms with Gasteiger partial charge in [-0.3, -0.25) is 4.79 Å². The van der Waals surface area contributed by atoms with E-state index >= 15 is 0 Å². The van der Waals surface area contributed by atoms with Crippen molar-refractivity contribution in [1.82, 2.24) is 15.3 Å². The summed E-state index contributed by atoms with van der Waals surface area (Å²) in [6, 6.07) is 13.7. The third kappa shape index (κ3) is 4.37. The molecule has 1 aliphatic rings. The zero-order valence-electron chi connectivity index (χ0n) is 15.7. The number of nitrogens with zero attached hydrogens (tertiary/aromatic N) is 3. The van der Waals surface area contributed by atoms with Crippen LogP contribution < -0.4 is 10.2 Å². The van der Waals surface area contributed by atoms with Gasteiger partial charge in [0, 0.05) is 35.3 Å². The molecule has 2 aromatic heterocycles. The van der Waals surface area contributed by atoms with Gasteiger partial charge < -0.3 is 15.0 Å². The number of hydrogen-bond acceptors (Lipinski definition) is 6. The molecule has 1 aromatic carbocycles. The van der Waals surface area contributed by atoms with Gasteiger partial charge >= 0.3 is 0 Å². The number of anilines is 1. The Bertz CT molecular complexity index is 936. The van der Waals surface area contributed by atoms with Gasteiger partial charge in [-0.05, 0) is 36.1 Å². The monoisotopic (exact) mass is 394 g/mol. The predicted octanol–water partition coefficient (Wildman–Crippen LogP) is 3.28. The first-order valence-electron chi connectivity index (χ1n) is 9.28. The number of carbonyl (C=O) groups excluding carboxylic acids is 1. The van der Waals surface area contributed by atoms with E-state index in [0.717, 1.165) is 30.2 Å². The molecule has 3 heterocycles. The molecule has 6 nitrogen and oxygen atoms in total. The standard InChI is InChI=1S/C21H22N4O2S/c1-15-13-20(25-8-10-27-11-9-25)24-19(23-15)14-22-21(26)17-6-4-16(5-7-17)18-3-2-12-28-18/h2-7,12-13H,8-11,14H2,1H3,(H,22,26). The fraction of sp³-hybridized carbons (Fsp3) is 0.286. The molecular weight excluding hydrogens is 372 g/mol. The number of morpholine rings is 1. The van der Waals surface area contributed by atoms with Crippen LogP contribution in [-0.4, -0.2) is 42.2 Å². The van der Waals surface area contributed by atoms with Crippen LogP contribution in [0.2, 0.25) is 0 Å². The van der Waals surface area contributed by atoms with Crippen LogP contribution in [-0.2, 0) is 11.3 Å². The summed E-state index contributed by atoms with van der Waals surface area (Å²) in [5.41, 5.74) is 2.63. The predicted molar refractivity (Wildman–Crippen MR) is 111 cm³/mol. The van der Waals surface area contributed by atoms with Crippen molar-refractivity contribution < 1.29 is 9.53 Å². The first-order chi connectivity index (χ1) is 13.7. The van der Waals surface area contributed by atoms with Gasteiger partial charge in [0.1, 0.15) is 11.6 Å². The first-order valence-corrected chi connectivity index (χ1v) is 10.2. The highest BCUT2D eigenvalue weighted by atomic mass is 32.1. The van der Waals surface area contributed by atoms with Gasteiger partial charge in [0.2, 0.25) is 0 Å². The number of nitrogens with one attached hydrogen (secondary N) is 1. The number of thiophene rings is 1. The number of hydrogen-bond donors (Lipinski definition) is 1. The van der Waals surface area contributed by atoms with Gasteiger partial charge in [0.25, 0.3) is 5.91 Å². The van der Waals surface area contributed by atoms with Crippen molar-refractivity contribution in [3.8, 4) is 10.4 Å². The van der Waals surface area contributed by atoms with Crippen LogP contribution >= 0.6 is 11.3 Å². The molecule has 7 heteroatoms. The van der Waals surface area contributed by atoms with Crippen molar-refractivity contribution >= 4 is 23.1 Å². The summed E-state index contributed by atoms with van der Waals surface area (Å²) in [6.07, 6.45) is 0. The van der Waals surface area contributed by atoms with Crippen molar-refractivity contribution in [3.05, 3.63) is 64.9 Å². The molecule has 4 rings (SSSR count). The van der Waals surface area contributed by atoms with E-state index < -0.39 is 0 Å². The molecule has 0 unspecified atom stereocenters. The minimum Gasteiger partial charge on any atom is -0.378 e. The molecular formula is C21H22N4O2S. The summed E-state index contributed by atoms with van der Waals surface area (Å²) in [5.74, 6) is 1.38. The van der Waals surface area contributed by atoms with Crippen LogP contribution in [0, 0.1) is 6.92 Å². The third-order valence-corrected chi connectivity index (χ3v) is 5.50. The molecule has 0 spiro atoms. The second kappa shape index (κ2) is 8.50. The molecule has 0 saturated carbocycles. The van der Waals surface area contributed by atoms with E-state index in [1.54, 1.807) is 11.3 Å². The number of aromatic nitrogens is 2. The average Bonchev–Trinajstić information content (AvgIpc) is 3.27. The lowest BCUT2D eigenvalue weighted by atomic mass is 10.1. The summed E-state index contributed by atoms with van der Waals surface area (Å²) in [5, 5.41) is 4.97. The highest BCUT2D eigenvalue weighted by Gasteiger charge is 2.15. The number of benzene rings is 1. The Kier molecular flexibility index (Phi) is 5.64. The zero-order chi connectivity index (χ0) is 19.3. The van der Waals surface area contributed by atoms with Crippen molar-refractivity contribution in [2.24, 2.45) is 0 Å². The molecule has 0 bridgehead atoms. The zero-order valence-corrected chi connectivity index (χ0v) is 16.5. The molecule has 1 aliphatic heterocycles. The Balaban J connectivity index is 1.41. The van der Waals surface area contributed by atoms with Crippen molar-refractivity contribution in [1.29, 1.82) is 0 Å². The number of rotatable bonds is 5. The van der Waals surface area contributed by atoms with Gasteiger partial charge in [-0.25, -0.2) is 9.97 Å². The van der Waals surface area contributed by atoms with E-state index in [-0.39, 0.29) is 5.91 Å². The smallest absolute Gasteiger partial charge is 0.251 e. The van der Waals surface area contributed by atoms with E-state index in [2.05, 4.69) is 26.3 Å². The van der Waals surface area contributed by atoms with Gasteiger partial charge in [-0.15, -0.1) is 11.3 Å². The van der Waals surface area contributed by atoms with Gasteiger partial charge in [-0.1, -0.05) is 18.2 Å². The normalized spacial score (nSPS) is 14.1. The average molecular weight is 395 g/mol. The summed E-state index contributed by atoms with van der Waals surface area (Å²) >= 11 is 1.68. The Morgan fingerprint density at radius 2 is 1.96 bits per heavy atom. The fourth-order valence-electron chi connectivity index (χ4n) is 3.14.